The van der Waals surface area contributed by atoms with Gasteiger partial charge in [-0.3, -0.25) is 0 Å². The lowest BCUT2D eigenvalue weighted by Crippen LogP contribution is -2.14. The molecule has 0 amide bonds. The highest BCUT2D eigenvalue weighted by Crippen LogP contribution is 2.52. The Morgan fingerprint density at radius 3 is 1.71 bits per heavy atom. The van der Waals surface area contributed by atoms with E-state index >= 15 is 0 Å². The maximum Gasteiger partial charge on any atom is 0.164 e. The summed E-state index contributed by atoms with van der Waals surface area (Å²) in [5, 5.41) is 2.51. The van der Waals surface area contributed by atoms with Gasteiger partial charge < -0.3 is 9.47 Å². The first-order valence-corrected chi connectivity index (χ1v) is 21.2. The number of hydrogen-bond donors (Lipinski definition) is 0. The lowest BCUT2D eigenvalue weighted by atomic mass is 9.91. The van der Waals surface area contributed by atoms with Crippen LogP contribution in [0, 0.1) is 0 Å². The number of anilines is 2. The van der Waals surface area contributed by atoms with E-state index in [1.807, 2.05) is 60.7 Å². The molecule has 3 heterocycles. The summed E-state index contributed by atoms with van der Waals surface area (Å²) >= 11 is 0. The molecule has 0 spiro atoms. The van der Waals surface area contributed by atoms with Crippen LogP contribution in [0.3, 0.4) is 0 Å². The molecule has 62 heavy (non-hydrogen) atoms. The predicted molar refractivity (Wildman–Crippen MR) is 255 cm³/mol. The van der Waals surface area contributed by atoms with Crippen LogP contribution in [0.25, 0.3) is 83.9 Å². The Hall–Kier alpha value is -8.15. The predicted octanol–water partition coefficient (Wildman–Crippen LogP) is 14.4. The first-order valence-electron chi connectivity index (χ1n) is 21.2. The minimum Gasteiger partial charge on any atom is -0.313 e. The van der Waals surface area contributed by atoms with Gasteiger partial charge >= 0.3 is 0 Å². The highest BCUT2D eigenvalue weighted by atomic mass is 15.2. The molecule has 2 aromatic heterocycles. The summed E-state index contributed by atoms with van der Waals surface area (Å²) in [5.74, 6) is 2.23. The molecular weight excluding hydrogens is 755 g/mol. The summed E-state index contributed by atoms with van der Waals surface area (Å²) in [6.07, 6.45) is 7.76. The number of aromatic nitrogens is 4. The summed E-state index contributed by atoms with van der Waals surface area (Å²) in [6.45, 7) is 0. The van der Waals surface area contributed by atoms with Crippen molar-refractivity contribution < 1.29 is 0 Å². The van der Waals surface area contributed by atoms with Crippen molar-refractivity contribution in [3.8, 4) is 62.1 Å². The van der Waals surface area contributed by atoms with Crippen molar-refractivity contribution in [1.82, 2.24) is 19.5 Å². The Morgan fingerprint density at radius 2 is 0.952 bits per heavy atom. The third kappa shape index (κ3) is 6.13. The second-order valence-electron chi connectivity index (χ2n) is 16.0. The molecule has 0 N–H and O–H groups in total. The van der Waals surface area contributed by atoms with Crippen LogP contribution >= 0.6 is 0 Å². The number of hydrogen-bond acceptors (Lipinski definition) is 4. The van der Waals surface area contributed by atoms with E-state index in [2.05, 4.69) is 167 Å². The Labute approximate surface area is 360 Å². The Morgan fingerprint density at radius 1 is 0.403 bits per heavy atom. The van der Waals surface area contributed by atoms with E-state index in [0.717, 1.165) is 45.6 Å². The molecule has 12 rings (SSSR count). The second kappa shape index (κ2) is 14.8. The van der Waals surface area contributed by atoms with E-state index in [4.69, 9.17) is 15.0 Å². The van der Waals surface area contributed by atoms with Gasteiger partial charge in [-0.05, 0) is 88.8 Å². The van der Waals surface area contributed by atoms with Gasteiger partial charge in [-0.25, -0.2) is 15.0 Å². The molecule has 2 aliphatic rings. The summed E-state index contributed by atoms with van der Waals surface area (Å²) in [7, 11) is 0. The van der Waals surface area contributed by atoms with Gasteiger partial charge in [0.15, 0.2) is 17.5 Å². The van der Waals surface area contributed by atoms with Crippen molar-refractivity contribution in [1.29, 1.82) is 0 Å². The number of benzene rings is 8. The number of para-hydroxylation sites is 2. The van der Waals surface area contributed by atoms with E-state index in [1.54, 1.807) is 0 Å². The molecule has 0 saturated heterocycles. The van der Waals surface area contributed by atoms with Gasteiger partial charge in [-0.15, -0.1) is 0 Å². The van der Waals surface area contributed by atoms with Crippen molar-refractivity contribution in [2.75, 3.05) is 4.90 Å². The standard InChI is InChI=1S/C57H39N5/c1-4-16-38(17-5-1)55-58-56(39-18-6-2-7-19-39)60-57(59-55)44-22-14-20-40(34-44)42-30-32-50-48-27-11-13-29-52(48)62(54(50)36-42)46-25-15-21-41(35-46)43-31-33-49-47-26-10-12-28-51(47)61(53(49)37-43)45-23-8-3-9-24-45/h1-26,28-37,48H,27H2. The Balaban J connectivity index is 0.943. The maximum absolute atomic E-state index is 5.03. The van der Waals surface area contributed by atoms with Gasteiger partial charge in [-0.1, -0.05) is 164 Å². The van der Waals surface area contributed by atoms with Crippen LogP contribution in [0.1, 0.15) is 17.9 Å². The highest BCUT2D eigenvalue weighted by Gasteiger charge is 2.35. The van der Waals surface area contributed by atoms with Crippen LogP contribution in [-0.2, 0) is 0 Å². The van der Waals surface area contributed by atoms with E-state index in [1.165, 1.54) is 49.9 Å². The fourth-order valence-corrected chi connectivity index (χ4v) is 9.38. The average Bonchev–Trinajstić information content (AvgIpc) is 3.87. The van der Waals surface area contributed by atoms with E-state index in [0.29, 0.717) is 17.5 Å². The molecule has 0 saturated carbocycles. The lowest BCUT2D eigenvalue weighted by Gasteiger charge is -2.25. The zero-order valence-corrected chi connectivity index (χ0v) is 33.8. The zero-order valence-electron chi connectivity index (χ0n) is 33.8. The van der Waals surface area contributed by atoms with Gasteiger partial charge in [0.25, 0.3) is 0 Å². The summed E-state index contributed by atoms with van der Waals surface area (Å²) < 4.78 is 2.39. The lowest BCUT2D eigenvalue weighted by molar-refractivity contribution is 0.819. The number of fused-ring (bicyclic) bond motifs is 6. The third-order valence-corrected chi connectivity index (χ3v) is 12.3. The molecule has 5 heteroatoms. The SMILES string of the molecule is C1=CCC2C(=C1)N(c1cccc(-c3ccc4c5ccccc5n(-c5ccccc5)c4c3)c1)c1cc(-c3cccc(-c4nc(-c5ccccc5)nc(-c5ccccc5)n4)c3)ccc12. The van der Waals surface area contributed by atoms with Crippen LogP contribution in [0.15, 0.2) is 224 Å². The first-order chi connectivity index (χ1) is 30.7. The molecule has 5 nitrogen and oxygen atoms in total. The van der Waals surface area contributed by atoms with Crippen LogP contribution in [0.5, 0.6) is 0 Å². The molecule has 1 aliphatic carbocycles. The Bertz CT molecular complexity index is 3330. The van der Waals surface area contributed by atoms with Crippen molar-refractivity contribution in [3.05, 3.63) is 230 Å². The average molecular weight is 794 g/mol. The van der Waals surface area contributed by atoms with Gasteiger partial charge in [0.2, 0.25) is 0 Å². The van der Waals surface area contributed by atoms with Crippen LogP contribution in [-0.4, -0.2) is 19.5 Å². The highest BCUT2D eigenvalue weighted by molar-refractivity contribution is 6.10. The molecule has 0 radical (unpaired) electrons. The fourth-order valence-electron chi connectivity index (χ4n) is 9.38. The van der Waals surface area contributed by atoms with Crippen molar-refractivity contribution in [3.63, 3.8) is 0 Å². The molecule has 0 bridgehead atoms. The van der Waals surface area contributed by atoms with E-state index in [9.17, 15) is 0 Å². The van der Waals surface area contributed by atoms with E-state index in [-0.39, 0.29) is 5.92 Å². The van der Waals surface area contributed by atoms with Crippen LogP contribution < -0.4 is 4.90 Å². The third-order valence-electron chi connectivity index (χ3n) is 12.3. The topological polar surface area (TPSA) is 46.8 Å². The van der Waals surface area contributed by atoms with Crippen molar-refractivity contribution >= 4 is 33.2 Å². The van der Waals surface area contributed by atoms with Crippen molar-refractivity contribution in [2.24, 2.45) is 0 Å². The maximum atomic E-state index is 5.03. The molecule has 1 unspecified atom stereocenters. The summed E-state index contributed by atoms with van der Waals surface area (Å²) in [6, 6.07) is 71.2. The van der Waals surface area contributed by atoms with Crippen LogP contribution in [0.2, 0.25) is 0 Å². The minimum atomic E-state index is 0.287. The summed E-state index contributed by atoms with van der Waals surface area (Å²) in [5.41, 5.74) is 16.0. The molecule has 8 aromatic carbocycles. The number of allylic oxidation sites excluding steroid dienone is 4. The fraction of sp³-hybridized carbons (Fsp3) is 0.0351. The monoisotopic (exact) mass is 793 g/mol. The van der Waals surface area contributed by atoms with Gasteiger partial charge in [0.1, 0.15) is 0 Å². The van der Waals surface area contributed by atoms with Crippen molar-refractivity contribution in [2.45, 2.75) is 12.3 Å². The Kier molecular flexibility index (Phi) is 8.56. The minimum absolute atomic E-state index is 0.287. The van der Waals surface area contributed by atoms with Gasteiger partial charge in [-0.2, -0.15) is 0 Å². The largest absolute Gasteiger partial charge is 0.313 e. The smallest absolute Gasteiger partial charge is 0.164 e. The molecule has 292 valence electrons. The normalized spacial score (nSPS) is 14.2. The van der Waals surface area contributed by atoms with E-state index < -0.39 is 0 Å². The molecule has 0 fully saturated rings. The van der Waals surface area contributed by atoms with Gasteiger partial charge in [0, 0.05) is 50.5 Å². The van der Waals surface area contributed by atoms with Gasteiger partial charge in [0.05, 0.1) is 16.7 Å². The summed E-state index contributed by atoms with van der Waals surface area (Å²) in [4.78, 5) is 17.4. The first kappa shape index (κ1) is 35.8. The number of nitrogens with zero attached hydrogens (tertiary/aromatic N) is 5. The molecular formula is C57H39N5. The second-order valence-corrected chi connectivity index (χ2v) is 16.0. The molecule has 1 aliphatic heterocycles. The molecule has 10 aromatic rings. The zero-order chi connectivity index (χ0) is 41.0. The molecule has 1 atom stereocenters. The quantitative estimate of drug-likeness (QED) is 0.161. The number of rotatable bonds is 7. The van der Waals surface area contributed by atoms with Crippen LogP contribution in [0.4, 0.5) is 11.4 Å².